The first-order chi connectivity index (χ1) is 21.2. The van der Waals surface area contributed by atoms with Gasteiger partial charge in [-0.3, -0.25) is 4.79 Å². The van der Waals surface area contributed by atoms with Crippen molar-refractivity contribution in [1.82, 2.24) is 34.6 Å². The number of likely N-dealkylation sites (N-methyl/N-ethyl adjacent to an activating group) is 1. The Morgan fingerprint density at radius 3 is 2.42 bits per heavy atom. The number of hydrogen-bond acceptors (Lipinski definition) is 6. The summed E-state index contributed by atoms with van der Waals surface area (Å²) in [7, 11) is 1.75. The molecule has 0 radical (unpaired) electrons. The molecule has 1 aliphatic rings. The fourth-order valence-corrected chi connectivity index (χ4v) is 5.98. The van der Waals surface area contributed by atoms with Gasteiger partial charge in [-0.1, -0.05) is 35.0 Å². The second kappa shape index (κ2) is 12.3. The van der Waals surface area contributed by atoms with E-state index in [1.807, 2.05) is 70.5 Å². The number of piperidine rings is 1. The molecule has 3 heterocycles. The van der Waals surface area contributed by atoms with Crippen molar-refractivity contribution in [2.75, 3.05) is 20.1 Å². The molecular weight excluding hydrogens is 597 g/mol. The average Bonchev–Trinajstić information content (AvgIpc) is 3.57. The molecule has 2 aromatic heterocycles. The zero-order valence-corrected chi connectivity index (χ0v) is 27.5. The highest BCUT2D eigenvalue weighted by molar-refractivity contribution is 6.30. The summed E-state index contributed by atoms with van der Waals surface area (Å²) in [5.74, 6) is -0.731. The molecular formula is C33H39ClFN7O3. The maximum Gasteiger partial charge on any atom is 0.410 e. The van der Waals surface area contributed by atoms with Crippen LogP contribution in [0.4, 0.5) is 9.18 Å². The van der Waals surface area contributed by atoms with E-state index in [-0.39, 0.29) is 48.1 Å². The lowest BCUT2D eigenvalue weighted by Gasteiger charge is -2.42. The van der Waals surface area contributed by atoms with Crippen molar-refractivity contribution in [3.8, 4) is 16.9 Å². The molecule has 0 spiro atoms. The van der Waals surface area contributed by atoms with E-state index in [1.54, 1.807) is 29.1 Å². The topological polar surface area (TPSA) is 98.4 Å². The summed E-state index contributed by atoms with van der Waals surface area (Å²) in [6, 6.07) is 12.4. The molecule has 10 nitrogen and oxygen atoms in total. The van der Waals surface area contributed by atoms with Gasteiger partial charge in [0.1, 0.15) is 22.7 Å². The Kier molecular flexibility index (Phi) is 8.77. The van der Waals surface area contributed by atoms with Crippen LogP contribution in [0, 0.1) is 26.6 Å². The molecule has 2 amide bonds. The number of benzene rings is 2. The number of carbonyl (C=O) groups is 2. The molecule has 0 atom stereocenters. The molecule has 0 aliphatic carbocycles. The monoisotopic (exact) mass is 635 g/mol. The molecule has 45 heavy (non-hydrogen) atoms. The van der Waals surface area contributed by atoms with Gasteiger partial charge in [-0.15, -0.1) is 5.10 Å². The smallest absolute Gasteiger partial charge is 0.410 e. The van der Waals surface area contributed by atoms with Gasteiger partial charge >= 0.3 is 6.09 Å². The number of carbonyl (C=O) groups excluding carboxylic acids is 2. The number of para-hydroxylation sites is 1. The van der Waals surface area contributed by atoms with Crippen LogP contribution in [0.3, 0.4) is 0 Å². The van der Waals surface area contributed by atoms with Crippen molar-refractivity contribution in [2.24, 2.45) is 0 Å². The molecule has 2 aromatic carbocycles. The zero-order valence-electron chi connectivity index (χ0n) is 26.8. The highest BCUT2D eigenvalue weighted by atomic mass is 35.5. The number of halogens is 2. The summed E-state index contributed by atoms with van der Waals surface area (Å²) >= 11 is 5.96. The van der Waals surface area contributed by atoms with E-state index in [0.29, 0.717) is 6.54 Å². The van der Waals surface area contributed by atoms with Crippen LogP contribution in [-0.2, 0) is 21.6 Å². The van der Waals surface area contributed by atoms with Crippen LogP contribution in [0.15, 0.2) is 48.7 Å². The summed E-state index contributed by atoms with van der Waals surface area (Å²) in [5, 5.41) is 13.7. The Morgan fingerprint density at radius 1 is 1.09 bits per heavy atom. The normalized spacial score (nSPS) is 14.8. The van der Waals surface area contributed by atoms with E-state index in [2.05, 4.69) is 10.3 Å². The lowest BCUT2D eigenvalue weighted by atomic mass is 9.86. The van der Waals surface area contributed by atoms with Crippen molar-refractivity contribution in [3.05, 3.63) is 82.0 Å². The predicted octanol–water partition coefficient (Wildman–Crippen LogP) is 6.23. The number of nitrogens with zero attached hydrogens (tertiary/aromatic N) is 7. The van der Waals surface area contributed by atoms with E-state index in [1.165, 1.54) is 16.8 Å². The number of hydrogen-bond donors (Lipinski definition) is 0. The summed E-state index contributed by atoms with van der Waals surface area (Å²) in [6.45, 7) is 12.3. The van der Waals surface area contributed by atoms with Gasteiger partial charge in [-0.2, -0.15) is 5.10 Å². The van der Waals surface area contributed by atoms with Crippen LogP contribution in [0.5, 0.6) is 0 Å². The molecule has 0 saturated carbocycles. The van der Waals surface area contributed by atoms with Crippen LogP contribution >= 0.6 is 11.6 Å². The average molecular weight is 636 g/mol. The summed E-state index contributed by atoms with van der Waals surface area (Å²) in [6.07, 6.45) is 1.69. The van der Waals surface area contributed by atoms with Gasteiger partial charge in [0.25, 0.3) is 5.91 Å². The molecule has 238 valence electrons. The van der Waals surface area contributed by atoms with E-state index in [9.17, 15) is 14.0 Å². The SMILES string of the molecule is Cc1ccccc1-n1nc(C)c(CN(C)C(=O)C2(n3cc(-c4ccc(Cl)cc4F)nn3)CCN(C(=O)OC(C)(C)C)CC2)c1C. The molecule has 1 fully saturated rings. The maximum absolute atomic E-state index is 14.8. The highest BCUT2D eigenvalue weighted by Gasteiger charge is 2.47. The number of aromatic nitrogens is 5. The number of likely N-dealkylation sites (tertiary alicyclic amines) is 1. The molecule has 0 unspecified atom stereocenters. The van der Waals surface area contributed by atoms with Crippen LogP contribution < -0.4 is 0 Å². The van der Waals surface area contributed by atoms with Gasteiger partial charge in [-0.25, -0.2) is 18.5 Å². The second-order valence-electron chi connectivity index (χ2n) is 12.7. The Labute approximate surface area is 267 Å². The van der Waals surface area contributed by atoms with Gasteiger partial charge in [0.15, 0.2) is 0 Å². The van der Waals surface area contributed by atoms with Gasteiger partial charge in [0, 0.05) is 48.5 Å². The third-order valence-corrected chi connectivity index (χ3v) is 8.54. The molecule has 4 aromatic rings. The zero-order chi connectivity index (χ0) is 32.7. The minimum atomic E-state index is -1.17. The largest absolute Gasteiger partial charge is 0.444 e. The predicted molar refractivity (Wildman–Crippen MR) is 170 cm³/mol. The Hall–Kier alpha value is -4.25. The summed E-state index contributed by atoms with van der Waals surface area (Å²) < 4.78 is 23.8. The third-order valence-electron chi connectivity index (χ3n) is 8.31. The van der Waals surface area contributed by atoms with E-state index in [4.69, 9.17) is 21.4 Å². The van der Waals surface area contributed by atoms with E-state index < -0.39 is 23.1 Å². The van der Waals surface area contributed by atoms with Crippen LogP contribution in [0.1, 0.15) is 56.1 Å². The van der Waals surface area contributed by atoms with Crippen molar-refractivity contribution >= 4 is 23.6 Å². The van der Waals surface area contributed by atoms with E-state index >= 15 is 0 Å². The Balaban J connectivity index is 1.47. The number of rotatable bonds is 6. The lowest BCUT2D eigenvalue weighted by molar-refractivity contribution is -0.143. The molecule has 1 aliphatic heterocycles. The first kappa shape index (κ1) is 32.2. The van der Waals surface area contributed by atoms with Crippen LogP contribution in [-0.4, -0.2) is 72.3 Å². The second-order valence-corrected chi connectivity index (χ2v) is 13.1. The lowest BCUT2D eigenvalue weighted by Crippen LogP contribution is -2.56. The standard InChI is InChI=1S/C33H39ClFN7O3/c1-21-10-8-9-11-29(21)42-23(3)26(22(2)37-42)19-39(7)30(43)33(14-16-40(17-15-33)31(44)45-32(4,5)6)41-20-28(36-38-41)25-13-12-24(34)18-27(25)35/h8-13,18,20H,14-17,19H2,1-7H3. The molecule has 1 saturated heterocycles. The van der Waals surface area contributed by atoms with Gasteiger partial charge in [0.2, 0.25) is 0 Å². The third kappa shape index (κ3) is 6.45. The van der Waals surface area contributed by atoms with Gasteiger partial charge in [0.05, 0.1) is 17.6 Å². The summed E-state index contributed by atoms with van der Waals surface area (Å²) in [4.78, 5) is 30.7. The van der Waals surface area contributed by atoms with Gasteiger partial charge < -0.3 is 14.5 Å². The molecule has 5 rings (SSSR count). The van der Waals surface area contributed by atoms with Gasteiger partial charge in [-0.05, 0) is 84.2 Å². The summed E-state index contributed by atoms with van der Waals surface area (Å²) in [5.41, 5.74) is 3.46. The number of amides is 2. The van der Waals surface area contributed by atoms with Crippen LogP contribution in [0.25, 0.3) is 16.9 Å². The Morgan fingerprint density at radius 2 is 1.78 bits per heavy atom. The fraction of sp³-hybridized carbons (Fsp3) is 0.424. The van der Waals surface area contributed by atoms with Crippen molar-refractivity contribution < 1.29 is 18.7 Å². The highest BCUT2D eigenvalue weighted by Crippen LogP contribution is 2.35. The number of ether oxygens (including phenoxy) is 1. The fourth-order valence-electron chi connectivity index (χ4n) is 5.82. The first-order valence-electron chi connectivity index (χ1n) is 14.9. The van der Waals surface area contributed by atoms with Crippen molar-refractivity contribution in [1.29, 1.82) is 0 Å². The Bertz CT molecular complexity index is 1730. The minimum Gasteiger partial charge on any atom is -0.444 e. The van der Waals surface area contributed by atoms with Crippen LogP contribution in [0.2, 0.25) is 5.02 Å². The number of aryl methyl sites for hydroxylation is 2. The quantitative estimate of drug-likeness (QED) is 0.249. The minimum absolute atomic E-state index is 0.193. The van der Waals surface area contributed by atoms with Crippen molar-refractivity contribution in [3.63, 3.8) is 0 Å². The molecule has 0 bridgehead atoms. The van der Waals surface area contributed by atoms with Crippen molar-refractivity contribution in [2.45, 2.75) is 72.1 Å². The van der Waals surface area contributed by atoms with E-state index in [0.717, 1.165) is 28.2 Å². The molecule has 0 N–H and O–H groups in total. The first-order valence-corrected chi connectivity index (χ1v) is 15.3. The molecule has 12 heteroatoms. The maximum atomic E-state index is 14.8.